The number of rotatable bonds is 18. The lowest BCUT2D eigenvalue weighted by atomic mass is 9.96. The van der Waals surface area contributed by atoms with Crippen molar-refractivity contribution in [3.8, 4) is 34.4 Å². The molecule has 0 aliphatic carbocycles. The van der Waals surface area contributed by atoms with Gasteiger partial charge in [0.25, 0.3) is 0 Å². The summed E-state index contributed by atoms with van der Waals surface area (Å²) in [5, 5.41) is 35.4. The molecule has 53 heavy (non-hydrogen) atoms. The van der Waals surface area contributed by atoms with Crippen LogP contribution in [-0.2, 0) is 24.6 Å². The second kappa shape index (κ2) is 19.6. The van der Waals surface area contributed by atoms with E-state index >= 15 is 0 Å². The highest BCUT2D eigenvalue weighted by molar-refractivity contribution is 6.35. The van der Waals surface area contributed by atoms with Crippen LogP contribution < -0.4 is 24.8 Å². The third-order valence-corrected chi connectivity index (χ3v) is 9.78. The van der Waals surface area contributed by atoms with Crippen molar-refractivity contribution in [3.63, 3.8) is 0 Å². The van der Waals surface area contributed by atoms with Crippen molar-refractivity contribution in [3.05, 3.63) is 105 Å². The Morgan fingerprint density at radius 1 is 1.00 bits per heavy atom. The van der Waals surface area contributed by atoms with E-state index in [0.29, 0.717) is 50.6 Å². The highest BCUT2D eigenvalue weighted by Gasteiger charge is 2.22. The number of amides is 1. The highest BCUT2D eigenvalue weighted by Crippen LogP contribution is 2.38. The average molecular weight is 763 g/mol. The molecule has 0 saturated carbocycles. The number of nitrogens with zero attached hydrogens (tertiary/aromatic N) is 3. The first-order valence-corrected chi connectivity index (χ1v) is 18.3. The minimum absolute atomic E-state index is 0.00962. The van der Waals surface area contributed by atoms with Crippen LogP contribution in [-0.4, -0.2) is 77.5 Å². The van der Waals surface area contributed by atoms with E-state index in [-0.39, 0.29) is 44.9 Å². The largest absolute Gasteiger partial charge is 0.492 e. The number of ether oxygens (including phenoxy) is 3. The summed E-state index contributed by atoms with van der Waals surface area (Å²) in [6, 6.07) is 18.7. The molecule has 280 valence electrons. The van der Waals surface area contributed by atoms with Crippen molar-refractivity contribution >= 4 is 29.1 Å². The Balaban J connectivity index is 1.26. The lowest BCUT2D eigenvalue weighted by Crippen LogP contribution is -2.35. The first-order valence-electron chi connectivity index (χ1n) is 17.6. The third-order valence-electron chi connectivity index (χ3n) is 9.09. The van der Waals surface area contributed by atoms with Gasteiger partial charge in [-0.25, -0.2) is 0 Å². The molecule has 4 N–H and O–H groups in total. The molecule has 2 heterocycles. The fraction of sp³-hybridized carbons (Fsp3) is 0.375. The summed E-state index contributed by atoms with van der Waals surface area (Å²) in [6.45, 7) is 6.94. The SMILES string of the molecule is CC(=O)N[C@H]1CCN(CCCOc2cccc(-c3cccc(COc4cc(OCc5cncc(C#N)c5)c(CNC(CO)CO)cc4Cl)c3C)c2Cl)C1. The Bertz CT molecular complexity index is 1900. The normalized spacial score (nSPS) is 14.3. The molecule has 5 rings (SSSR count). The van der Waals surface area contributed by atoms with Crippen molar-refractivity contribution in [2.45, 2.75) is 58.5 Å². The zero-order valence-corrected chi connectivity index (χ0v) is 31.4. The summed E-state index contributed by atoms with van der Waals surface area (Å²) in [5.41, 5.74) is 5.56. The van der Waals surface area contributed by atoms with E-state index in [2.05, 4.69) is 26.6 Å². The maximum atomic E-state index is 11.4. The number of aliphatic hydroxyl groups excluding tert-OH is 2. The molecule has 0 spiro atoms. The van der Waals surface area contributed by atoms with E-state index in [0.717, 1.165) is 54.7 Å². The van der Waals surface area contributed by atoms with Crippen LogP contribution in [0.5, 0.6) is 17.2 Å². The van der Waals surface area contributed by atoms with Crippen LogP contribution >= 0.6 is 23.2 Å². The average Bonchev–Trinajstić information content (AvgIpc) is 3.60. The van der Waals surface area contributed by atoms with Crippen LogP contribution in [0.3, 0.4) is 0 Å². The van der Waals surface area contributed by atoms with Crippen molar-refractivity contribution < 1.29 is 29.2 Å². The number of aromatic nitrogens is 1. The number of hydrogen-bond donors (Lipinski definition) is 4. The van der Waals surface area contributed by atoms with Crippen molar-refractivity contribution in [1.29, 1.82) is 5.26 Å². The Morgan fingerprint density at radius 2 is 1.77 bits per heavy atom. The molecule has 11 nitrogen and oxygen atoms in total. The molecule has 3 aromatic carbocycles. The number of carbonyl (C=O) groups is 1. The van der Waals surface area contributed by atoms with Crippen LogP contribution in [0.4, 0.5) is 0 Å². The summed E-state index contributed by atoms with van der Waals surface area (Å²) in [5.74, 6) is 1.53. The fourth-order valence-corrected chi connectivity index (χ4v) is 6.74. The maximum absolute atomic E-state index is 11.4. The van der Waals surface area contributed by atoms with Gasteiger partial charge in [0, 0.05) is 74.3 Å². The molecule has 1 aliphatic rings. The van der Waals surface area contributed by atoms with Crippen LogP contribution in [0, 0.1) is 18.3 Å². The van der Waals surface area contributed by atoms with E-state index in [4.69, 9.17) is 37.4 Å². The molecule has 0 bridgehead atoms. The number of halogens is 2. The van der Waals surface area contributed by atoms with Crippen molar-refractivity contribution in [1.82, 2.24) is 20.5 Å². The summed E-state index contributed by atoms with van der Waals surface area (Å²) in [4.78, 5) is 17.8. The molecule has 1 amide bonds. The number of aliphatic hydroxyl groups is 2. The van der Waals surface area contributed by atoms with E-state index in [1.54, 1.807) is 31.3 Å². The minimum atomic E-state index is -0.517. The minimum Gasteiger partial charge on any atom is -0.492 e. The van der Waals surface area contributed by atoms with Crippen LogP contribution in [0.1, 0.15) is 47.6 Å². The number of benzene rings is 3. The topological polar surface area (TPSA) is 149 Å². The van der Waals surface area contributed by atoms with Gasteiger partial charge >= 0.3 is 0 Å². The number of nitrogens with one attached hydrogen (secondary N) is 2. The number of hydrogen-bond acceptors (Lipinski definition) is 10. The molecule has 1 aliphatic heterocycles. The Morgan fingerprint density at radius 3 is 2.55 bits per heavy atom. The second-order valence-corrected chi connectivity index (χ2v) is 13.8. The lowest BCUT2D eigenvalue weighted by Gasteiger charge is -2.19. The summed E-state index contributed by atoms with van der Waals surface area (Å²) in [6.07, 6.45) is 4.91. The smallest absolute Gasteiger partial charge is 0.217 e. The van der Waals surface area contributed by atoms with Gasteiger partial charge in [0.05, 0.1) is 41.5 Å². The van der Waals surface area contributed by atoms with Crippen molar-refractivity contribution in [2.75, 3.05) is 39.5 Å². The maximum Gasteiger partial charge on any atom is 0.217 e. The standard InChI is InChI=1S/C40H45Cl2N5O6/c1-26-30(6-3-7-34(26)35-8-4-9-37(40(35)42)51-13-5-11-47-12-10-32(21-47)46-27(2)50)25-53-39-16-38(52-24-29-14-28(17-43)18-44-19-29)31(15-36(39)41)20-45-33(22-48)23-49/h3-4,6-9,14-16,18-19,32-33,45,48-49H,5,10-13,20-25H2,1-2H3,(H,46,50)/t32-/m0/s1. The zero-order valence-electron chi connectivity index (χ0n) is 29.9. The van der Waals surface area contributed by atoms with E-state index in [1.165, 1.54) is 6.20 Å². The predicted molar refractivity (Wildman–Crippen MR) is 204 cm³/mol. The first kappa shape index (κ1) is 39.8. The number of pyridine rings is 1. The molecule has 0 radical (unpaired) electrons. The molecule has 1 atom stereocenters. The Kier molecular flexibility index (Phi) is 14.7. The molecular formula is C40H45Cl2N5O6. The van der Waals surface area contributed by atoms with Gasteiger partial charge in [-0.15, -0.1) is 0 Å². The van der Waals surface area contributed by atoms with Crippen molar-refractivity contribution in [2.24, 2.45) is 0 Å². The zero-order chi connectivity index (χ0) is 37.7. The molecule has 0 unspecified atom stereocenters. The molecule has 4 aromatic rings. The van der Waals surface area contributed by atoms with E-state index < -0.39 is 6.04 Å². The van der Waals surface area contributed by atoms with Gasteiger partial charge in [-0.3, -0.25) is 9.78 Å². The van der Waals surface area contributed by atoms with E-state index in [9.17, 15) is 20.3 Å². The Labute approximate surface area is 320 Å². The van der Waals surface area contributed by atoms with Crippen LogP contribution in [0.15, 0.2) is 67.0 Å². The third kappa shape index (κ3) is 11.1. The predicted octanol–water partition coefficient (Wildman–Crippen LogP) is 5.82. The lowest BCUT2D eigenvalue weighted by molar-refractivity contribution is -0.119. The number of likely N-dealkylation sites (tertiary alicyclic amines) is 1. The monoisotopic (exact) mass is 761 g/mol. The Hall–Kier alpha value is -4.41. The fourth-order valence-electron chi connectivity index (χ4n) is 6.22. The highest BCUT2D eigenvalue weighted by atomic mass is 35.5. The molecular weight excluding hydrogens is 717 g/mol. The molecule has 1 fully saturated rings. The van der Waals surface area contributed by atoms with Gasteiger partial charge < -0.3 is 40.0 Å². The van der Waals surface area contributed by atoms with Gasteiger partial charge in [-0.2, -0.15) is 5.26 Å². The number of carbonyl (C=O) groups excluding carboxylic acids is 1. The van der Waals surface area contributed by atoms with Gasteiger partial charge in [-0.05, 0) is 54.7 Å². The van der Waals surface area contributed by atoms with Crippen LogP contribution in [0.25, 0.3) is 11.1 Å². The van der Waals surface area contributed by atoms with E-state index in [1.807, 2.05) is 43.3 Å². The second-order valence-electron chi connectivity index (χ2n) is 13.0. The first-order chi connectivity index (χ1) is 25.7. The summed E-state index contributed by atoms with van der Waals surface area (Å²) in [7, 11) is 0. The van der Waals surface area contributed by atoms with Gasteiger partial charge in [0.15, 0.2) is 0 Å². The van der Waals surface area contributed by atoms with Gasteiger partial charge in [0.2, 0.25) is 5.91 Å². The van der Waals surface area contributed by atoms with Gasteiger partial charge in [-0.1, -0.05) is 53.5 Å². The number of nitriles is 1. The summed E-state index contributed by atoms with van der Waals surface area (Å²) >= 11 is 13.7. The molecule has 1 aromatic heterocycles. The molecule has 1 saturated heterocycles. The van der Waals surface area contributed by atoms with Crippen LogP contribution in [0.2, 0.25) is 10.0 Å². The quantitative estimate of drug-likeness (QED) is 0.0915. The summed E-state index contributed by atoms with van der Waals surface area (Å²) < 4.78 is 18.6. The van der Waals surface area contributed by atoms with Gasteiger partial charge in [0.1, 0.15) is 36.5 Å². The molecule has 13 heteroatoms.